The Labute approximate surface area is 159 Å². The van der Waals surface area contributed by atoms with Crippen LogP contribution in [0.15, 0.2) is 24.3 Å². The molecule has 1 atom stereocenters. The van der Waals surface area contributed by atoms with Crippen molar-refractivity contribution in [1.29, 1.82) is 0 Å². The molecule has 0 aromatic heterocycles. The van der Waals surface area contributed by atoms with Crippen LogP contribution in [0.4, 0.5) is 10.1 Å². The predicted molar refractivity (Wildman–Crippen MR) is 101 cm³/mol. The first-order valence-corrected chi connectivity index (χ1v) is 11.0. The average molecular weight is 399 g/mol. The number of ether oxygens (including phenoxy) is 1. The number of halogens is 1. The molecule has 1 aromatic carbocycles. The monoisotopic (exact) mass is 399 g/mol. The van der Waals surface area contributed by atoms with Crippen LogP contribution in [0.5, 0.6) is 0 Å². The minimum Gasteiger partial charge on any atom is -0.377 e. The zero-order chi connectivity index (χ0) is 19.4. The van der Waals surface area contributed by atoms with Crippen molar-refractivity contribution in [3.05, 3.63) is 30.1 Å². The highest BCUT2D eigenvalue weighted by Crippen LogP contribution is 2.20. The molecule has 2 aliphatic heterocycles. The molecule has 2 fully saturated rings. The van der Waals surface area contributed by atoms with E-state index < -0.39 is 10.0 Å². The number of para-hydroxylation sites is 1. The number of carbonyl (C=O) groups is 1. The minimum absolute atomic E-state index is 0.148. The third-order valence-corrected chi connectivity index (χ3v) is 6.25. The highest BCUT2D eigenvalue weighted by Gasteiger charge is 2.29. The van der Waals surface area contributed by atoms with Crippen molar-refractivity contribution in [2.24, 2.45) is 0 Å². The fraction of sp³-hybridized carbons (Fsp3) is 0.611. The molecular formula is C18H26FN3O4S. The maximum atomic E-state index is 13.9. The van der Waals surface area contributed by atoms with Gasteiger partial charge in [-0.15, -0.1) is 0 Å². The van der Waals surface area contributed by atoms with Crippen LogP contribution in [0, 0.1) is 5.82 Å². The number of rotatable bonds is 6. The van der Waals surface area contributed by atoms with Crippen LogP contribution in [0.2, 0.25) is 0 Å². The smallest absolute Gasteiger partial charge is 0.238 e. The normalized spacial score (nSPS) is 21.1. The third kappa shape index (κ3) is 5.18. The molecule has 0 saturated carbocycles. The van der Waals surface area contributed by atoms with Gasteiger partial charge < -0.3 is 14.5 Å². The van der Waals surface area contributed by atoms with Gasteiger partial charge in [-0.3, -0.25) is 4.79 Å². The van der Waals surface area contributed by atoms with Crippen LogP contribution in [0.1, 0.15) is 12.8 Å². The molecule has 2 saturated heterocycles. The lowest BCUT2D eigenvalue weighted by molar-refractivity contribution is -0.131. The van der Waals surface area contributed by atoms with E-state index in [-0.39, 0.29) is 30.9 Å². The molecule has 27 heavy (non-hydrogen) atoms. The fourth-order valence-electron chi connectivity index (χ4n) is 3.49. The number of sulfonamides is 1. The molecule has 1 aromatic rings. The van der Waals surface area contributed by atoms with E-state index in [0.717, 1.165) is 19.1 Å². The standard InChI is InChI=1S/C18H26FN3O4S/c1-27(24,25)22(13-15-5-4-12-26-15)14-18(23)21-10-8-20(9-11-21)17-7-3-2-6-16(17)19/h2-3,6-7,15H,4-5,8-14H2,1H3. The molecule has 0 aliphatic carbocycles. The van der Waals surface area contributed by atoms with Gasteiger partial charge in [0.25, 0.3) is 0 Å². The summed E-state index contributed by atoms with van der Waals surface area (Å²) in [4.78, 5) is 16.2. The summed E-state index contributed by atoms with van der Waals surface area (Å²) in [6.07, 6.45) is 2.69. The van der Waals surface area contributed by atoms with Gasteiger partial charge in [0.15, 0.2) is 0 Å². The first kappa shape index (κ1) is 20.0. The molecule has 2 aliphatic rings. The van der Waals surface area contributed by atoms with Crippen LogP contribution < -0.4 is 4.90 Å². The number of benzene rings is 1. The number of nitrogens with zero attached hydrogens (tertiary/aromatic N) is 3. The van der Waals surface area contributed by atoms with E-state index in [0.29, 0.717) is 38.5 Å². The van der Waals surface area contributed by atoms with Gasteiger partial charge in [-0.1, -0.05) is 12.1 Å². The Hall–Kier alpha value is -1.71. The summed E-state index contributed by atoms with van der Waals surface area (Å²) < 4.78 is 44.8. The second-order valence-corrected chi connectivity index (χ2v) is 8.99. The van der Waals surface area contributed by atoms with Crippen molar-refractivity contribution in [3.8, 4) is 0 Å². The second-order valence-electron chi connectivity index (χ2n) is 7.01. The van der Waals surface area contributed by atoms with Gasteiger partial charge in [0.05, 0.1) is 24.6 Å². The van der Waals surface area contributed by atoms with Crippen molar-refractivity contribution in [2.75, 3.05) is 57.0 Å². The van der Waals surface area contributed by atoms with Crippen molar-refractivity contribution in [2.45, 2.75) is 18.9 Å². The molecule has 9 heteroatoms. The first-order valence-electron chi connectivity index (χ1n) is 9.18. The van der Waals surface area contributed by atoms with Gasteiger partial charge >= 0.3 is 0 Å². The Balaban J connectivity index is 1.56. The van der Waals surface area contributed by atoms with Crippen LogP contribution >= 0.6 is 0 Å². The Morgan fingerprint density at radius 1 is 1.26 bits per heavy atom. The molecule has 0 bridgehead atoms. The molecule has 3 rings (SSSR count). The van der Waals surface area contributed by atoms with Gasteiger partial charge in [-0.2, -0.15) is 4.31 Å². The van der Waals surface area contributed by atoms with Crippen molar-refractivity contribution in [3.63, 3.8) is 0 Å². The van der Waals surface area contributed by atoms with E-state index in [1.165, 1.54) is 10.4 Å². The highest BCUT2D eigenvalue weighted by atomic mass is 32.2. The Kier molecular flexibility index (Phi) is 6.33. The summed E-state index contributed by atoms with van der Waals surface area (Å²) in [6, 6.07) is 6.57. The number of hydrogen-bond acceptors (Lipinski definition) is 5. The zero-order valence-corrected chi connectivity index (χ0v) is 16.3. The van der Waals surface area contributed by atoms with Crippen LogP contribution in [-0.2, 0) is 19.6 Å². The van der Waals surface area contributed by atoms with Crippen molar-refractivity contribution in [1.82, 2.24) is 9.21 Å². The number of carbonyl (C=O) groups excluding carboxylic acids is 1. The van der Waals surface area contributed by atoms with Crippen LogP contribution in [0.25, 0.3) is 0 Å². The summed E-state index contributed by atoms with van der Waals surface area (Å²) in [6.45, 7) is 2.55. The quantitative estimate of drug-likeness (QED) is 0.711. The zero-order valence-electron chi connectivity index (χ0n) is 15.5. The molecule has 0 spiro atoms. The maximum absolute atomic E-state index is 13.9. The molecule has 1 amide bonds. The van der Waals surface area contributed by atoms with Crippen molar-refractivity contribution < 1.29 is 22.3 Å². The number of piperazine rings is 1. The van der Waals surface area contributed by atoms with Gasteiger partial charge in [-0.05, 0) is 25.0 Å². The van der Waals surface area contributed by atoms with E-state index in [4.69, 9.17) is 4.74 Å². The van der Waals surface area contributed by atoms with E-state index >= 15 is 0 Å². The lowest BCUT2D eigenvalue weighted by atomic mass is 10.2. The fourth-order valence-corrected chi connectivity index (χ4v) is 4.27. The summed E-state index contributed by atoms with van der Waals surface area (Å²) in [5, 5.41) is 0. The average Bonchev–Trinajstić information content (AvgIpc) is 3.14. The van der Waals surface area contributed by atoms with E-state index in [1.54, 1.807) is 23.1 Å². The van der Waals surface area contributed by atoms with Gasteiger partial charge in [-0.25, -0.2) is 12.8 Å². The summed E-state index contributed by atoms with van der Waals surface area (Å²) in [5.74, 6) is -0.510. The highest BCUT2D eigenvalue weighted by molar-refractivity contribution is 7.88. The second kappa shape index (κ2) is 8.53. The van der Waals surface area contributed by atoms with Gasteiger partial charge in [0.2, 0.25) is 15.9 Å². The maximum Gasteiger partial charge on any atom is 0.238 e. The van der Waals surface area contributed by atoms with Crippen LogP contribution in [-0.4, -0.2) is 81.8 Å². The lowest BCUT2D eigenvalue weighted by Gasteiger charge is -2.37. The topological polar surface area (TPSA) is 70.2 Å². The van der Waals surface area contributed by atoms with Gasteiger partial charge in [0, 0.05) is 39.3 Å². The van der Waals surface area contributed by atoms with E-state index in [1.807, 2.05) is 4.90 Å². The Morgan fingerprint density at radius 3 is 2.56 bits per heavy atom. The molecule has 2 heterocycles. The van der Waals surface area contributed by atoms with Crippen LogP contribution in [0.3, 0.4) is 0 Å². The molecule has 150 valence electrons. The summed E-state index contributed by atoms with van der Waals surface area (Å²) in [7, 11) is -3.50. The molecule has 0 radical (unpaired) electrons. The molecule has 7 nitrogen and oxygen atoms in total. The lowest BCUT2D eigenvalue weighted by Crippen LogP contribution is -2.52. The third-order valence-electron chi connectivity index (χ3n) is 5.04. The van der Waals surface area contributed by atoms with Crippen molar-refractivity contribution >= 4 is 21.6 Å². The minimum atomic E-state index is -3.50. The van der Waals surface area contributed by atoms with E-state index in [2.05, 4.69) is 0 Å². The molecule has 1 unspecified atom stereocenters. The molecule has 0 N–H and O–H groups in total. The molecular weight excluding hydrogens is 373 g/mol. The van der Waals surface area contributed by atoms with E-state index in [9.17, 15) is 17.6 Å². The largest absolute Gasteiger partial charge is 0.377 e. The first-order chi connectivity index (χ1) is 12.8. The Bertz CT molecular complexity index is 760. The van der Waals surface area contributed by atoms with Gasteiger partial charge in [0.1, 0.15) is 5.82 Å². The number of amides is 1. The summed E-state index contributed by atoms with van der Waals surface area (Å²) >= 11 is 0. The Morgan fingerprint density at radius 2 is 1.96 bits per heavy atom. The number of anilines is 1. The number of hydrogen-bond donors (Lipinski definition) is 0. The summed E-state index contributed by atoms with van der Waals surface area (Å²) in [5.41, 5.74) is 0.528. The predicted octanol–water partition coefficient (Wildman–Crippen LogP) is 0.915. The SMILES string of the molecule is CS(=O)(=O)N(CC(=O)N1CCN(c2ccccc2F)CC1)CC1CCCO1.